The van der Waals surface area contributed by atoms with Gasteiger partial charge in [-0.05, 0) is 66.2 Å². The summed E-state index contributed by atoms with van der Waals surface area (Å²) in [6, 6.07) is 9.89. The van der Waals surface area contributed by atoms with Gasteiger partial charge in [0.1, 0.15) is 16.4 Å². The van der Waals surface area contributed by atoms with E-state index in [-0.39, 0.29) is 34.3 Å². The summed E-state index contributed by atoms with van der Waals surface area (Å²) in [5.74, 6) is -2.60. The molecule has 0 spiro atoms. The first-order chi connectivity index (χ1) is 18.5. The number of benzene rings is 3. The van der Waals surface area contributed by atoms with Crippen molar-refractivity contribution in [2.24, 2.45) is 5.41 Å². The quantitative estimate of drug-likeness (QED) is 0.157. The monoisotopic (exact) mass is 626 g/mol. The van der Waals surface area contributed by atoms with Crippen molar-refractivity contribution in [3.05, 3.63) is 93.8 Å². The third-order valence-electron chi connectivity index (χ3n) is 6.47. The zero-order valence-electron chi connectivity index (χ0n) is 19.7. The van der Waals surface area contributed by atoms with Crippen molar-refractivity contribution in [2.45, 2.75) is 22.6 Å². The molecule has 1 aliphatic carbocycles. The first-order valence-electron chi connectivity index (χ1n) is 11.2. The normalized spacial score (nSPS) is 20.1. The van der Waals surface area contributed by atoms with Crippen LogP contribution in [0.3, 0.4) is 0 Å². The summed E-state index contributed by atoms with van der Waals surface area (Å²) in [5.41, 5.74) is -5.03. The number of hydrogen-bond acceptors (Lipinski definition) is 3. The summed E-state index contributed by atoms with van der Waals surface area (Å²) in [4.78, 5) is 24.9. The molecule has 0 radical (unpaired) electrons. The maximum atomic E-state index is 13.4. The summed E-state index contributed by atoms with van der Waals surface area (Å²) < 4.78 is 91.3. The zero-order chi connectivity index (χ0) is 29.7. The highest BCUT2D eigenvalue weighted by molar-refractivity contribution is 6.54. The van der Waals surface area contributed by atoms with Crippen molar-refractivity contribution in [3.63, 3.8) is 0 Å². The van der Waals surface area contributed by atoms with Gasteiger partial charge in [0.05, 0.1) is 27.1 Å². The van der Waals surface area contributed by atoms with Crippen LogP contribution in [0.15, 0.2) is 60.7 Å². The molecule has 2 N–H and O–H groups in total. The van der Waals surface area contributed by atoms with Crippen LogP contribution in [0.4, 0.5) is 42.1 Å². The van der Waals surface area contributed by atoms with Gasteiger partial charge in [-0.15, -0.1) is 0 Å². The Labute approximate surface area is 237 Å². The average molecular weight is 628 g/mol. The number of carbonyl (C=O) groups excluding carboxylic acids is 2. The van der Waals surface area contributed by atoms with E-state index in [0.29, 0.717) is 12.1 Å². The minimum absolute atomic E-state index is 0.0285. The molecule has 0 aromatic heterocycles. The van der Waals surface area contributed by atoms with Gasteiger partial charge in [-0.3, -0.25) is 4.79 Å². The molecular formula is C26H16Cl3F7N2O2. The van der Waals surface area contributed by atoms with Crippen LogP contribution in [0, 0.1) is 11.2 Å². The Bertz CT molecular complexity index is 1430. The van der Waals surface area contributed by atoms with Gasteiger partial charge in [0.25, 0.3) is 5.91 Å². The van der Waals surface area contributed by atoms with E-state index < -0.39 is 63.0 Å². The first-order valence-corrected chi connectivity index (χ1v) is 12.4. The number of carbonyl (C=O) groups is 2. The van der Waals surface area contributed by atoms with Gasteiger partial charge < -0.3 is 15.4 Å². The van der Waals surface area contributed by atoms with E-state index in [4.69, 9.17) is 34.8 Å². The molecule has 3 aromatic rings. The second-order valence-electron chi connectivity index (χ2n) is 9.06. The van der Waals surface area contributed by atoms with Gasteiger partial charge in [-0.1, -0.05) is 34.8 Å². The van der Waals surface area contributed by atoms with E-state index in [1.54, 1.807) is 0 Å². The van der Waals surface area contributed by atoms with E-state index in [2.05, 4.69) is 10.6 Å². The number of halogens is 10. The average Bonchev–Trinajstić information content (AvgIpc) is 3.37. The predicted molar refractivity (Wildman–Crippen MR) is 136 cm³/mol. The molecule has 0 saturated heterocycles. The molecule has 4 nitrogen and oxygen atoms in total. The Morgan fingerprint density at radius 3 is 1.95 bits per heavy atom. The van der Waals surface area contributed by atoms with Gasteiger partial charge in [0.15, 0.2) is 0 Å². The molecule has 1 aliphatic rings. The minimum atomic E-state index is -5.11. The van der Waals surface area contributed by atoms with E-state index in [0.717, 1.165) is 12.1 Å². The van der Waals surface area contributed by atoms with E-state index in [1.807, 2.05) is 0 Å². The fourth-order valence-electron chi connectivity index (χ4n) is 4.33. The lowest BCUT2D eigenvalue weighted by Crippen LogP contribution is -2.23. The largest absolute Gasteiger partial charge is 0.416 e. The number of amides is 1. The van der Waals surface area contributed by atoms with Gasteiger partial charge in [-0.2, -0.15) is 26.3 Å². The SMILES string of the molecule is O=CC1(CNc2ccc(Cl)c(C(=O)Nc3ccc(F)cc3)c2)C(c2cc(C(F)(F)F)cc(C(F)(F)F)c2)C1(Cl)Cl. The highest BCUT2D eigenvalue weighted by Gasteiger charge is 2.76. The number of anilines is 2. The van der Waals surface area contributed by atoms with Crippen LogP contribution >= 0.6 is 34.8 Å². The fourth-order valence-corrected chi connectivity index (χ4v) is 5.50. The van der Waals surface area contributed by atoms with Gasteiger partial charge >= 0.3 is 12.4 Å². The van der Waals surface area contributed by atoms with Gasteiger partial charge in [0, 0.05) is 23.8 Å². The number of hydrogen-bond donors (Lipinski definition) is 2. The number of nitrogens with one attached hydrogen (secondary N) is 2. The third kappa shape index (κ3) is 5.73. The molecule has 3 aromatic carbocycles. The van der Waals surface area contributed by atoms with Crippen LogP contribution in [-0.2, 0) is 17.1 Å². The maximum absolute atomic E-state index is 13.4. The summed E-state index contributed by atoms with van der Waals surface area (Å²) >= 11 is 18.7. The molecule has 0 heterocycles. The van der Waals surface area contributed by atoms with Crippen LogP contribution in [0.2, 0.25) is 5.02 Å². The molecular weight excluding hydrogens is 612 g/mol. The van der Waals surface area contributed by atoms with Gasteiger partial charge in [-0.25, -0.2) is 4.39 Å². The molecule has 2 atom stereocenters. The second kappa shape index (κ2) is 10.4. The third-order valence-corrected chi connectivity index (χ3v) is 7.94. The summed E-state index contributed by atoms with van der Waals surface area (Å²) in [6.45, 7) is -0.410. The molecule has 0 bridgehead atoms. The predicted octanol–water partition coefficient (Wildman–Crippen LogP) is 8.34. The lowest BCUT2D eigenvalue weighted by atomic mass is 9.96. The van der Waals surface area contributed by atoms with Crippen LogP contribution in [-0.4, -0.2) is 23.1 Å². The van der Waals surface area contributed by atoms with Crippen LogP contribution < -0.4 is 10.6 Å². The number of rotatable bonds is 7. The van der Waals surface area contributed by atoms with Crippen molar-refractivity contribution in [1.82, 2.24) is 0 Å². The number of aldehydes is 1. The van der Waals surface area contributed by atoms with E-state index in [9.17, 15) is 40.3 Å². The Morgan fingerprint density at radius 2 is 1.43 bits per heavy atom. The molecule has 1 amide bonds. The molecule has 4 rings (SSSR count). The van der Waals surface area contributed by atoms with Crippen LogP contribution in [0.5, 0.6) is 0 Å². The highest BCUT2D eigenvalue weighted by Crippen LogP contribution is 2.73. The molecule has 1 fully saturated rings. The van der Waals surface area contributed by atoms with Crippen molar-refractivity contribution in [2.75, 3.05) is 17.2 Å². The standard InChI is InChI=1S/C26H16Cl3F7N2O2/c27-20-6-5-18(10-19(20)22(40)38-17-3-1-16(30)2-4-17)37-11-23(12-39)21(24(23,28)29)13-7-14(25(31,32)33)9-15(8-13)26(34,35)36/h1-10,12,21,37H,11H2,(H,38,40). The highest BCUT2D eigenvalue weighted by atomic mass is 35.5. The molecule has 1 saturated carbocycles. The summed E-state index contributed by atoms with van der Waals surface area (Å²) in [5, 5.41) is 5.36. The smallest absolute Gasteiger partial charge is 0.384 e. The molecule has 0 aliphatic heterocycles. The van der Waals surface area contributed by atoms with E-state index >= 15 is 0 Å². The Hall–Kier alpha value is -3.02. The number of alkyl halides is 8. The summed E-state index contributed by atoms with van der Waals surface area (Å²) in [6.07, 6.45) is -9.94. The zero-order valence-corrected chi connectivity index (χ0v) is 22.0. The maximum Gasteiger partial charge on any atom is 0.416 e. The molecule has 2 unspecified atom stereocenters. The van der Waals surface area contributed by atoms with Crippen molar-refractivity contribution in [3.8, 4) is 0 Å². The topological polar surface area (TPSA) is 58.2 Å². The van der Waals surface area contributed by atoms with Gasteiger partial charge in [0.2, 0.25) is 0 Å². The minimum Gasteiger partial charge on any atom is -0.384 e. The van der Waals surface area contributed by atoms with E-state index in [1.165, 1.54) is 30.3 Å². The second-order valence-corrected chi connectivity index (χ2v) is 10.9. The van der Waals surface area contributed by atoms with Crippen LogP contribution in [0.25, 0.3) is 0 Å². The van der Waals surface area contributed by atoms with Crippen molar-refractivity contribution in [1.29, 1.82) is 0 Å². The first kappa shape index (κ1) is 30.0. The Morgan fingerprint density at radius 1 is 0.875 bits per heavy atom. The fraction of sp³-hybridized carbons (Fsp3) is 0.231. The molecule has 40 heavy (non-hydrogen) atoms. The lowest BCUT2D eigenvalue weighted by molar-refractivity contribution is -0.143. The van der Waals surface area contributed by atoms with Crippen molar-refractivity contribution >= 4 is 58.4 Å². The Balaban J connectivity index is 1.60. The van der Waals surface area contributed by atoms with Crippen LogP contribution in [0.1, 0.15) is 33.0 Å². The Kier molecular flexibility index (Phi) is 7.81. The lowest BCUT2D eigenvalue weighted by Gasteiger charge is -2.16. The summed E-state index contributed by atoms with van der Waals surface area (Å²) in [7, 11) is 0. The van der Waals surface area contributed by atoms with Crippen molar-refractivity contribution < 1.29 is 40.3 Å². The molecule has 212 valence electrons. The molecule has 14 heteroatoms.